The summed E-state index contributed by atoms with van der Waals surface area (Å²) in [5.74, 6) is -0.495. The summed E-state index contributed by atoms with van der Waals surface area (Å²) >= 11 is 0. The number of nitrogen functional groups attached to an aromatic ring is 1. The van der Waals surface area contributed by atoms with Crippen molar-refractivity contribution in [1.82, 2.24) is 9.88 Å². The monoisotopic (exact) mass is 299 g/mol. The van der Waals surface area contributed by atoms with Crippen LogP contribution < -0.4 is 5.73 Å². The molecule has 6 nitrogen and oxygen atoms in total. The van der Waals surface area contributed by atoms with Crippen LogP contribution in [0.5, 0.6) is 0 Å². The highest BCUT2D eigenvalue weighted by molar-refractivity contribution is 5.85. The van der Waals surface area contributed by atoms with Crippen molar-refractivity contribution >= 4 is 30.3 Å². The van der Waals surface area contributed by atoms with Crippen molar-refractivity contribution in [3.8, 4) is 0 Å². The van der Waals surface area contributed by atoms with Gasteiger partial charge in [-0.3, -0.25) is 4.90 Å². The van der Waals surface area contributed by atoms with Gasteiger partial charge in [0, 0.05) is 37.5 Å². The minimum Gasteiger partial charge on any atom is -0.478 e. The third kappa shape index (κ3) is 4.80. The number of carboxylic acids is 1. The molecule has 0 unspecified atom stereocenters. The van der Waals surface area contributed by atoms with Crippen molar-refractivity contribution in [2.24, 2.45) is 0 Å². The summed E-state index contributed by atoms with van der Waals surface area (Å²) in [6.45, 7) is 3.90. The van der Waals surface area contributed by atoms with Crippen molar-refractivity contribution in [2.45, 2.75) is 6.54 Å². The molecule has 0 aliphatic carbocycles. The first-order valence-electron chi connectivity index (χ1n) is 6.10. The lowest BCUT2D eigenvalue weighted by molar-refractivity contribution is -0.131. The number of anilines is 1. The highest BCUT2D eigenvalue weighted by atomic mass is 35.5. The third-order valence-corrected chi connectivity index (χ3v) is 2.94. The summed E-state index contributed by atoms with van der Waals surface area (Å²) in [4.78, 5) is 16.8. The van der Waals surface area contributed by atoms with Gasteiger partial charge in [0.25, 0.3) is 0 Å². The molecule has 3 N–H and O–H groups in total. The second-order valence-electron chi connectivity index (χ2n) is 4.37. The highest BCUT2D eigenvalue weighted by Crippen LogP contribution is 2.15. The molecule has 20 heavy (non-hydrogen) atoms. The maximum atomic E-state index is 10.5. The van der Waals surface area contributed by atoms with Gasteiger partial charge in [-0.2, -0.15) is 0 Å². The van der Waals surface area contributed by atoms with Crippen molar-refractivity contribution in [3.05, 3.63) is 29.5 Å². The van der Waals surface area contributed by atoms with Crippen molar-refractivity contribution in [2.75, 3.05) is 32.0 Å². The first kappa shape index (κ1) is 16.4. The zero-order valence-corrected chi connectivity index (χ0v) is 11.8. The number of carbonyl (C=O) groups is 1. The second kappa shape index (κ2) is 7.84. The quantitative estimate of drug-likeness (QED) is 0.807. The van der Waals surface area contributed by atoms with Gasteiger partial charge in [0.05, 0.1) is 13.2 Å². The molecule has 7 heteroatoms. The van der Waals surface area contributed by atoms with E-state index in [4.69, 9.17) is 15.6 Å². The molecule has 2 rings (SSSR count). The summed E-state index contributed by atoms with van der Waals surface area (Å²) in [7, 11) is 0. The zero-order valence-electron chi connectivity index (χ0n) is 11.0. The predicted octanol–water partition coefficient (Wildman–Crippen LogP) is 1.02. The number of aliphatic carboxylic acids is 1. The number of morpholine rings is 1. The Kier molecular flexibility index (Phi) is 6.44. The van der Waals surface area contributed by atoms with Crippen LogP contribution in [0, 0.1) is 0 Å². The van der Waals surface area contributed by atoms with Crippen LogP contribution in [0.1, 0.15) is 11.1 Å². The van der Waals surface area contributed by atoms with E-state index in [9.17, 15) is 4.79 Å². The Balaban J connectivity index is 0.00000200. The lowest BCUT2D eigenvalue weighted by Gasteiger charge is -2.26. The number of hydrogen-bond donors (Lipinski definition) is 2. The lowest BCUT2D eigenvalue weighted by atomic mass is 10.1. The predicted molar refractivity (Wildman–Crippen MR) is 78.7 cm³/mol. The molecule has 1 aliphatic rings. The number of rotatable bonds is 4. The molecule has 0 radical (unpaired) electrons. The van der Waals surface area contributed by atoms with Crippen LogP contribution in [0.25, 0.3) is 6.08 Å². The number of hydrogen-bond acceptors (Lipinski definition) is 5. The van der Waals surface area contributed by atoms with Gasteiger partial charge in [0.2, 0.25) is 0 Å². The molecule has 1 saturated heterocycles. The maximum absolute atomic E-state index is 10.5. The number of nitrogens with two attached hydrogens (primary N) is 1. The van der Waals surface area contributed by atoms with Crippen LogP contribution in [-0.2, 0) is 16.1 Å². The van der Waals surface area contributed by atoms with E-state index < -0.39 is 5.97 Å². The van der Waals surface area contributed by atoms with Crippen molar-refractivity contribution < 1.29 is 14.6 Å². The molecule has 1 fully saturated rings. The Bertz CT molecular complexity index is 488. The van der Waals surface area contributed by atoms with Gasteiger partial charge in [-0.25, -0.2) is 9.78 Å². The van der Waals surface area contributed by atoms with E-state index in [-0.39, 0.29) is 12.4 Å². The summed E-state index contributed by atoms with van der Waals surface area (Å²) in [5, 5.41) is 8.61. The molecular weight excluding hydrogens is 282 g/mol. The summed E-state index contributed by atoms with van der Waals surface area (Å²) in [6, 6.07) is 1.87. The van der Waals surface area contributed by atoms with Gasteiger partial charge < -0.3 is 15.6 Å². The van der Waals surface area contributed by atoms with Crippen LogP contribution in [-0.4, -0.2) is 47.3 Å². The maximum Gasteiger partial charge on any atom is 0.328 e. The Labute approximate surface area is 123 Å². The minimum atomic E-state index is -0.980. The highest BCUT2D eigenvalue weighted by Gasteiger charge is 2.12. The lowest BCUT2D eigenvalue weighted by Crippen LogP contribution is -2.35. The Hall–Kier alpha value is -1.63. The van der Waals surface area contributed by atoms with Gasteiger partial charge in [0.15, 0.2) is 0 Å². The average molecular weight is 300 g/mol. The van der Waals surface area contributed by atoms with Crippen LogP contribution in [0.4, 0.5) is 5.82 Å². The first-order valence-corrected chi connectivity index (χ1v) is 6.10. The Morgan fingerprint density at radius 3 is 2.85 bits per heavy atom. The SMILES string of the molecule is Cl.Nc1ncc(/C=C/C(=O)O)cc1CN1CCOCC1. The molecular formula is C13H18ClN3O3. The number of nitrogens with zero attached hydrogens (tertiary/aromatic N) is 2. The van der Waals surface area contributed by atoms with E-state index in [0.717, 1.165) is 43.5 Å². The number of halogens is 1. The molecule has 0 saturated carbocycles. The van der Waals surface area contributed by atoms with Gasteiger partial charge in [-0.1, -0.05) is 0 Å². The standard InChI is InChI=1S/C13H17N3O3.ClH/c14-13-11(9-16-3-5-19-6-4-16)7-10(8-15-13)1-2-12(17)18;/h1-2,7-8H,3-6,9H2,(H2,14,15)(H,17,18);1H/b2-1+;. The largest absolute Gasteiger partial charge is 0.478 e. The van der Waals surface area contributed by atoms with Crippen LogP contribution in [0.3, 0.4) is 0 Å². The van der Waals surface area contributed by atoms with Crippen LogP contribution >= 0.6 is 12.4 Å². The van der Waals surface area contributed by atoms with E-state index in [2.05, 4.69) is 9.88 Å². The fourth-order valence-corrected chi connectivity index (χ4v) is 1.92. The molecule has 0 amide bonds. The van der Waals surface area contributed by atoms with E-state index in [0.29, 0.717) is 12.4 Å². The normalized spacial score (nSPS) is 16.0. The fraction of sp³-hybridized carbons (Fsp3) is 0.385. The number of carboxylic acid groups (broad SMARTS) is 1. The zero-order chi connectivity index (χ0) is 13.7. The number of pyridine rings is 1. The summed E-state index contributed by atoms with van der Waals surface area (Å²) in [6.07, 6.45) is 4.17. The third-order valence-electron chi connectivity index (χ3n) is 2.94. The van der Waals surface area contributed by atoms with Crippen molar-refractivity contribution in [1.29, 1.82) is 0 Å². The molecule has 1 aromatic heterocycles. The fourth-order valence-electron chi connectivity index (χ4n) is 1.92. The molecule has 0 spiro atoms. The van der Waals surface area contributed by atoms with Crippen LogP contribution in [0.2, 0.25) is 0 Å². The van der Waals surface area contributed by atoms with Gasteiger partial charge in [-0.05, 0) is 17.7 Å². The average Bonchev–Trinajstić information content (AvgIpc) is 2.41. The number of ether oxygens (including phenoxy) is 1. The van der Waals surface area contributed by atoms with Gasteiger partial charge in [-0.15, -0.1) is 12.4 Å². The Morgan fingerprint density at radius 1 is 1.50 bits per heavy atom. The molecule has 110 valence electrons. The van der Waals surface area contributed by atoms with Gasteiger partial charge in [0.1, 0.15) is 5.82 Å². The minimum absolute atomic E-state index is 0. The van der Waals surface area contributed by atoms with E-state index in [1.54, 1.807) is 6.20 Å². The topological polar surface area (TPSA) is 88.7 Å². The van der Waals surface area contributed by atoms with Crippen molar-refractivity contribution in [3.63, 3.8) is 0 Å². The molecule has 2 heterocycles. The molecule has 1 aromatic rings. The molecule has 1 aliphatic heterocycles. The molecule has 0 aromatic carbocycles. The van der Waals surface area contributed by atoms with Crippen LogP contribution in [0.15, 0.2) is 18.3 Å². The van der Waals surface area contributed by atoms with Gasteiger partial charge >= 0.3 is 5.97 Å². The molecule has 0 atom stereocenters. The Morgan fingerprint density at radius 2 is 2.20 bits per heavy atom. The number of aromatic nitrogens is 1. The van der Waals surface area contributed by atoms with E-state index >= 15 is 0 Å². The summed E-state index contributed by atoms with van der Waals surface area (Å²) in [5.41, 5.74) is 7.50. The smallest absolute Gasteiger partial charge is 0.328 e. The van der Waals surface area contributed by atoms with E-state index in [1.807, 2.05) is 6.07 Å². The van der Waals surface area contributed by atoms with E-state index in [1.165, 1.54) is 6.08 Å². The first-order chi connectivity index (χ1) is 9.15. The molecule has 0 bridgehead atoms. The summed E-state index contributed by atoms with van der Waals surface area (Å²) < 4.78 is 5.29. The second-order valence-corrected chi connectivity index (χ2v) is 4.37.